The predicted octanol–water partition coefficient (Wildman–Crippen LogP) is 2.05. The Balaban J connectivity index is 2.56. The molecule has 0 bridgehead atoms. The van der Waals surface area contributed by atoms with E-state index < -0.39 is 0 Å². The first kappa shape index (κ1) is 15.1. The van der Waals surface area contributed by atoms with Gasteiger partial charge in [0.2, 0.25) is 0 Å². The molecule has 0 spiro atoms. The van der Waals surface area contributed by atoms with Crippen molar-refractivity contribution in [3.8, 4) is 0 Å². The van der Waals surface area contributed by atoms with Crippen LogP contribution in [-0.2, 0) is 20.8 Å². The highest BCUT2D eigenvalue weighted by molar-refractivity contribution is 7.09. The van der Waals surface area contributed by atoms with E-state index in [1.807, 2.05) is 31.4 Å². The molecule has 0 aliphatic rings. The standard InChI is InChI=1S/C13H21NO3S/c1-4-17-13(15)12(10(2)9-16-3)14-8-11-6-5-7-18-11/h5-7,10,12,14H,4,8-9H2,1-3H3. The SMILES string of the molecule is CCOC(=O)C(NCc1cccs1)C(C)COC. The number of carbonyl (C=O) groups excluding carboxylic acids is 1. The summed E-state index contributed by atoms with van der Waals surface area (Å²) in [5, 5.41) is 5.27. The summed E-state index contributed by atoms with van der Waals surface area (Å²) in [6, 6.07) is 3.72. The molecule has 18 heavy (non-hydrogen) atoms. The van der Waals surface area contributed by atoms with Crippen LogP contribution in [0.1, 0.15) is 18.7 Å². The Hall–Kier alpha value is -0.910. The molecule has 0 aliphatic carbocycles. The summed E-state index contributed by atoms with van der Waals surface area (Å²) in [5.41, 5.74) is 0. The van der Waals surface area contributed by atoms with Gasteiger partial charge < -0.3 is 9.47 Å². The van der Waals surface area contributed by atoms with Gasteiger partial charge >= 0.3 is 5.97 Å². The van der Waals surface area contributed by atoms with Gasteiger partial charge in [-0.05, 0) is 18.4 Å². The number of hydrogen-bond donors (Lipinski definition) is 1. The second-order valence-corrected chi connectivity index (χ2v) is 5.15. The maximum atomic E-state index is 11.9. The molecule has 4 nitrogen and oxygen atoms in total. The van der Waals surface area contributed by atoms with Crippen molar-refractivity contribution in [3.05, 3.63) is 22.4 Å². The van der Waals surface area contributed by atoms with Crippen LogP contribution in [0.4, 0.5) is 0 Å². The number of hydrogen-bond acceptors (Lipinski definition) is 5. The average molecular weight is 271 g/mol. The Morgan fingerprint density at radius 2 is 2.33 bits per heavy atom. The summed E-state index contributed by atoms with van der Waals surface area (Å²) in [7, 11) is 1.64. The van der Waals surface area contributed by atoms with Gasteiger partial charge in [-0.2, -0.15) is 0 Å². The third kappa shape index (κ3) is 4.76. The maximum Gasteiger partial charge on any atom is 0.323 e. The van der Waals surface area contributed by atoms with E-state index in [-0.39, 0.29) is 17.9 Å². The molecule has 1 N–H and O–H groups in total. The molecule has 2 unspecified atom stereocenters. The van der Waals surface area contributed by atoms with Crippen molar-refractivity contribution in [1.82, 2.24) is 5.32 Å². The first-order valence-electron chi connectivity index (χ1n) is 6.10. The average Bonchev–Trinajstić information content (AvgIpc) is 2.83. The molecular formula is C13H21NO3S. The van der Waals surface area contributed by atoms with E-state index in [9.17, 15) is 4.79 Å². The minimum Gasteiger partial charge on any atom is -0.465 e. The van der Waals surface area contributed by atoms with Gasteiger partial charge in [0.05, 0.1) is 13.2 Å². The molecule has 1 heterocycles. The zero-order valence-electron chi connectivity index (χ0n) is 11.1. The van der Waals surface area contributed by atoms with Gasteiger partial charge in [-0.25, -0.2) is 0 Å². The molecule has 1 aromatic heterocycles. The van der Waals surface area contributed by atoms with Crippen LogP contribution in [0.15, 0.2) is 17.5 Å². The highest BCUT2D eigenvalue weighted by Gasteiger charge is 2.25. The van der Waals surface area contributed by atoms with E-state index in [4.69, 9.17) is 9.47 Å². The Morgan fingerprint density at radius 1 is 1.56 bits per heavy atom. The number of nitrogens with one attached hydrogen (secondary N) is 1. The van der Waals surface area contributed by atoms with E-state index in [2.05, 4.69) is 5.32 Å². The van der Waals surface area contributed by atoms with Gasteiger partial charge in [0.15, 0.2) is 0 Å². The zero-order valence-corrected chi connectivity index (χ0v) is 12.0. The summed E-state index contributed by atoms with van der Waals surface area (Å²) in [5.74, 6) is -0.132. The van der Waals surface area contributed by atoms with E-state index in [1.54, 1.807) is 18.4 Å². The maximum absolute atomic E-state index is 11.9. The van der Waals surface area contributed by atoms with Crippen molar-refractivity contribution < 1.29 is 14.3 Å². The number of methoxy groups -OCH3 is 1. The van der Waals surface area contributed by atoms with Crippen LogP contribution in [0.2, 0.25) is 0 Å². The fraction of sp³-hybridized carbons (Fsp3) is 0.615. The highest BCUT2D eigenvalue weighted by Crippen LogP contribution is 2.11. The van der Waals surface area contributed by atoms with Crippen LogP contribution in [0.5, 0.6) is 0 Å². The molecule has 1 rings (SSSR count). The second kappa shape index (κ2) is 8.24. The van der Waals surface area contributed by atoms with E-state index in [1.165, 1.54) is 4.88 Å². The topological polar surface area (TPSA) is 47.6 Å². The lowest BCUT2D eigenvalue weighted by Gasteiger charge is -2.22. The van der Waals surface area contributed by atoms with Gasteiger partial charge in [0, 0.05) is 24.4 Å². The molecule has 1 aromatic rings. The molecular weight excluding hydrogens is 250 g/mol. The molecule has 0 saturated carbocycles. The molecule has 0 aromatic carbocycles. The van der Waals surface area contributed by atoms with Crippen LogP contribution in [0.25, 0.3) is 0 Å². The smallest absolute Gasteiger partial charge is 0.323 e. The lowest BCUT2D eigenvalue weighted by Crippen LogP contribution is -2.44. The van der Waals surface area contributed by atoms with Crippen molar-refractivity contribution in [3.63, 3.8) is 0 Å². The van der Waals surface area contributed by atoms with E-state index in [0.717, 1.165) is 0 Å². The fourth-order valence-electron chi connectivity index (χ4n) is 1.73. The van der Waals surface area contributed by atoms with E-state index >= 15 is 0 Å². The molecule has 0 radical (unpaired) electrons. The lowest BCUT2D eigenvalue weighted by atomic mass is 10.0. The monoisotopic (exact) mass is 271 g/mol. The number of carbonyl (C=O) groups is 1. The molecule has 0 fully saturated rings. The van der Waals surface area contributed by atoms with Crippen LogP contribution < -0.4 is 5.32 Å². The second-order valence-electron chi connectivity index (χ2n) is 4.12. The number of ether oxygens (including phenoxy) is 2. The summed E-state index contributed by atoms with van der Waals surface area (Å²) in [4.78, 5) is 13.1. The Morgan fingerprint density at radius 3 is 2.89 bits per heavy atom. The summed E-state index contributed by atoms with van der Waals surface area (Å²) in [6.07, 6.45) is 0. The summed E-state index contributed by atoms with van der Waals surface area (Å²) >= 11 is 1.67. The van der Waals surface area contributed by atoms with Crippen molar-refractivity contribution in [2.75, 3.05) is 20.3 Å². The number of esters is 1. The quantitative estimate of drug-likeness (QED) is 0.735. The van der Waals surface area contributed by atoms with Gasteiger partial charge in [0.1, 0.15) is 6.04 Å². The number of rotatable bonds is 8. The fourth-order valence-corrected chi connectivity index (χ4v) is 2.39. The van der Waals surface area contributed by atoms with Gasteiger partial charge in [-0.3, -0.25) is 10.1 Å². The van der Waals surface area contributed by atoms with Gasteiger partial charge in [-0.1, -0.05) is 13.0 Å². The summed E-state index contributed by atoms with van der Waals surface area (Å²) < 4.78 is 10.2. The largest absolute Gasteiger partial charge is 0.465 e. The van der Waals surface area contributed by atoms with Crippen molar-refractivity contribution in [2.24, 2.45) is 5.92 Å². The van der Waals surface area contributed by atoms with E-state index in [0.29, 0.717) is 19.8 Å². The van der Waals surface area contributed by atoms with Crippen molar-refractivity contribution in [2.45, 2.75) is 26.4 Å². The highest BCUT2D eigenvalue weighted by atomic mass is 32.1. The molecule has 2 atom stereocenters. The third-order valence-electron chi connectivity index (χ3n) is 2.62. The molecule has 0 saturated heterocycles. The first-order valence-corrected chi connectivity index (χ1v) is 6.98. The normalized spacial score (nSPS) is 14.2. The van der Waals surface area contributed by atoms with Crippen LogP contribution in [-0.4, -0.2) is 32.3 Å². The molecule has 102 valence electrons. The Bertz CT molecular complexity index is 340. The molecule has 0 aliphatic heterocycles. The van der Waals surface area contributed by atoms with Crippen LogP contribution >= 0.6 is 11.3 Å². The molecule has 0 amide bonds. The minimum absolute atomic E-state index is 0.0778. The lowest BCUT2D eigenvalue weighted by molar-refractivity contribution is -0.147. The minimum atomic E-state index is -0.327. The molecule has 5 heteroatoms. The van der Waals surface area contributed by atoms with Crippen molar-refractivity contribution >= 4 is 17.3 Å². The van der Waals surface area contributed by atoms with Crippen molar-refractivity contribution in [1.29, 1.82) is 0 Å². The Kier molecular flexibility index (Phi) is 6.93. The van der Waals surface area contributed by atoms with Gasteiger partial charge in [0.25, 0.3) is 0 Å². The van der Waals surface area contributed by atoms with Gasteiger partial charge in [-0.15, -0.1) is 11.3 Å². The Labute approximate surface area is 112 Å². The zero-order chi connectivity index (χ0) is 13.4. The number of thiophene rings is 1. The predicted molar refractivity (Wildman–Crippen MR) is 72.6 cm³/mol. The van der Waals surface area contributed by atoms with Crippen LogP contribution in [0.3, 0.4) is 0 Å². The van der Waals surface area contributed by atoms with Crippen LogP contribution in [0, 0.1) is 5.92 Å². The third-order valence-corrected chi connectivity index (χ3v) is 3.49. The summed E-state index contributed by atoms with van der Waals surface area (Å²) in [6.45, 7) is 5.40. The first-order chi connectivity index (χ1) is 8.69.